The van der Waals surface area contributed by atoms with E-state index in [0.717, 1.165) is 0 Å². The van der Waals surface area contributed by atoms with E-state index in [1.807, 2.05) is 0 Å². The van der Waals surface area contributed by atoms with Gasteiger partial charge in [-0.2, -0.15) is 8.42 Å². The van der Waals surface area contributed by atoms with Gasteiger partial charge in [0, 0.05) is 6.42 Å². The van der Waals surface area contributed by atoms with Gasteiger partial charge in [-0.25, -0.2) is 9.93 Å². The standard InChI is InChI=1S/C13H16N2O9S/c14-25(21,22)15(10(12(18)19)6-7-11(16)17)24-13(20)23-8-9-4-2-1-3-5-9/h1-5,10H,6-8H2,(H,16,17)(H,18,19)(H2,14,21,22)/t10-/m0/s1. The van der Waals surface area contributed by atoms with Crippen LogP contribution in [0.4, 0.5) is 4.79 Å². The zero-order chi connectivity index (χ0) is 19.0. The Morgan fingerprint density at radius 1 is 1.16 bits per heavy atom. The summed E-state index contributed by atoms with van der Waals surface area (Å²) in [6.07, 6.45) is -2.88. The molecule has 0 aliphatic heterocycles. The Bertz CT molecular complexity index is 720. The van der Waals surface area contributed by atoms with Gasteiger partial charge in [0.1, 0.15) is 6.61 Å². The number of benzene rings is 1. The first kappa shape index (κ1) is 20.3. The molecule has 0 aromatic heterocycles. The second-order valence-corrected chi connectivity index (χ2v) is 6.09. The van der Waals surface area contributed by atoms with Gasteiger partial charge in [-0.15, -0.1) is 0 Å². The molecule has 0 unspecified atom stereocenters. The van der Waals surface area contributed by atoms with Gasteiger partial charge in [-0.3, -0.25) is 9.59 Å². The van der Waals surface area contributed by atoms with Gasteiger partial charge in [-0.05, 0) is 16.5 Å². The van der Waals surface area contributed by atoms with Crippen molar-refractivity contribution in [3.63, 3.8) is 0 Å². The van der Waals surface area contributed by atoms with Gasteiger partial charge in [0.05, 0.1) is 0 Å². The largest absolute Gasteiger partial charge is 0.529 e. The normalized spacial score (nSPS) is 12.4. The molecule has 0 fully saturated rings. The van der Waals surface area contributed by atoms with Crippen LogP contribution >= 0.6 is 0 Å². The predicted molar refractivity (Wildman–Crippen MR) is 81.0 cm³/mol. The van der Waals surface area contributed by atoms with Gasteiger partial charge < -0.3 is 19.8 Å². The molecule has 0 radical (unpaired) electrons. The zero-order valence-electron chi connectivity index (χ0n) is 12.8. The molecule has 0 spiro atoms. The van der Waals surface area contributed by atoms with E-state index in [-0.39, 0.29) is 11.1 Å². The molecule has 0 heterocycles. The lowest BCUT2D eigenvalue weighted by Gasteiger charge is -2.23. The zero-order valence-corrected chi connectivity index (χ0v) is 13.6. The number of carboxylic acids is 2. The van der Waals surface area contributed by atoms with Crippen LogP contribution in [0.3, 0.4) is 0 Å². The van der Waals surface area contributed by atoms with Crippen molar-refractivity contribution in [3.05, 3.63) is 35.9 Å². The second-order valence-electron chi connectivity index (χ2n) is 4.70. The summed E-state index contributed by atoms with van der Waals surface area (Å²) in [6, 6.07) is 6.30. The molecule has 0 bridgehead atoms. The summed E-state index contributed by atoms with van der Waals surface area (Å²) in [7, 11) is -4.80. The smallest absolute Gasteiger partial charge is 0.481 e. The molecule has 0 saturated heterocycles. The Balaban J connectivity index is 2.81. The molecule has 25 heavy (non-hydrogen) atoms. The molecule has 11 nitrogen and oxygen atoms in total. The van der Waals surface area contributed by atoms with Crippen LogP contribution < -0.4 is 5.14 Å². The number of aliphatic carboxylic acids is 2. The Labute approximate surface area is 142 Å². The average molecular weight is 376 g/mol. The topological polar surface area (TPSA) is 174 Å². The summed E-state index contributed by atoms with van der Waals surface area (Å²) in [5.74, 6) is -3.11. The molecule has 1 rings (SSSR count). The summed E-state index contributed by atoms with van der Waals surface area (Å²) in [5.41, 5.74) is 0.572. The fourth-order valence-electron chi connectivity index (χ4n) is 1.69. The number of nitrogens with two attached hydrogens (primary N) is 1. The number of hydrogen-bond acceptors (Lipinski definition) is 7. The van der Waals surface area contributed by atoms with Crippen LogP contribution in [0.2, 0.25) is 0 Å². The minimum atomic E-state index is -4.80. The lowest BCUT2D eigenvalue weighted by molar-refractivity contribution is -0.156. The fourth-order valence-corrected chi connectivity index (χ4v) is 2.40. The molecule has 1 aromatic rings. The average Bonchev–Trinajstić information content (AvgIpc) is 2.51. The van der Waals surface area contributed by atoms with Gasteiger partial charge in [0.15, 0.2) is 6.04 Å². The van der Waals surface area contributed by atoms with Gasteiger partial charge in [0.2, 0.25) is 0 Å². The first-order valence-electron chi connectivity index (χ1n) is 6.76. The van der Waals surface area contributed by atoms with Crippen LogP contribution in [0, 0.1) is 0 Å². The first-order valence-corrected chi connectivity index (χ1v) is 8.27. The summed E-state index contributed by atoms with van der Waals surface area (Å²) in [5, 5.41) is 22.5. The quantitative estimate of drug-likeness (QED) is 0.398. The molecular weight excluding hydrogens is 360 g/mol. The summed E-state index contributed by atoms with van der Waals surface area (Å²) >= 11 is 0. The van der Waals surface area contributed by atoms with E-state index >= 15 is 0 Å². The van der Waals surface area contributed by atoms with Crippen molar-refractivity contribution in [2.75, 3.05) is 0 Å². The Morgan fingerprint density at radius 3 is 2.24 bits per heavy atom. The first-order chi connectivity index (χ1) is 11.6. The summed E-state index contributed by atoms with van der Waals surface area (Å²) in [6.45, 7) is -0.259. The number of carbonyl (C=O) groups excluding carboxylic acids is 1. The van der Waals surface area contributed by atoms with Crippen molar-refractivity contribution in [2.24, 2.45) is 5.14 Å². The van der Waals surface area contributed by atoms with Gasteiger partial charge in [-0.1, -0.05) is 30.3 Å². The highest BCUT2D eigenvalue weighted by molar-refractivity contribution is 7.86. The molecule has 0 amide bonds. The monoisotopic (exact) mass is 376 g/mol. The molecule has 4 N–H and O–H groups in total. The number of rotatable bonds is 9. The fraction of sp³-hybridized carbons (Fsp3) is 0.308. The van der Waals surface area contributed by atoms with Crippen molar-refractivity contribution >= 4 is 28.3 Å². The van der Waals surface area contributed by atoms with E-state index in [9.17, 15) is 22.8 Å². The van der Waals surface area contributed by atoms with Crippen molar-refractivity contribution in [2.45, 2.75) is 25.5 Å². The maximum Gasteiger partial charge on any atom is 0.529 e. The number of carbonyl (C=O) groups is 3. The lowest BCUT2D eigenvalue weighted by Crippen LogP contribution is -2.49. The van der Waals surface area contributed by atoms with Crippen LogP contribution in [0.5, 0.6) is 0 Å². The molecule has 0 aliphatic carbocycles. The number of carboxylic acid groups (broad SMARTS) is 2. The van der Waals surface area contributed by atoms with E-state index < -0.39 is 47.2 Å². The number of nitrogens with zero attached hydrogens (tertiary/aromatic N) is 1. The number of hydrogen-bond donors (Lipinski definition) is 3. The van der Waals surface area contributed by atoms with Crippen molar-refractivity contribution in [3.8, 4) is 0 Å². The third-order valence-corrected chi connectivity index (χ3v) is 3.62. The van der Waals surface area contributed by atoms with E-state index in [2.05, 4.69) is 9.57 Å². The molecule has 0 saturated carbocycles. The van der Waals surface area contributed by atoms with E-state index in [1.165, 1.54) is 0 Å². The van der Waals surface area contributed by atoms with Crippen LogP contribution in [0.25, 0.3) is 0 Å². The van der Waals surface area contributed by atoms with Crippen LogP contribution in [0.15, 0.2) is 30.3 Å². The second kappa shape index (κ2) is 8.96. The molecule has 1 aromatic carbocycles. The summed E-state index contributed by atoms with van der Waals surface area (Å²) < 4.78 is 27.4. The highest BCUT2D eigenvalue weighted by atomic mass is 32.2. The lowest BCUT2D eigenvalue weighted by atomic mass is 10.2. The number of ether oxygens (including phenoxy) is 1. The highest BCUT2D eigenvalue weighted by Gasteiger charge is 2.37. The molecule has 0 aliphatic rings. The van der Waals surface area contributed by atoms with E-state index in [4.69, 9.17) is 15.4 Å². The maximum atomic E-state index is 11.6. The van der Waals surface area contributed by atoms with Crippen molar-refractivity contribution in [1.29, 1.82) is 0 Å². The highest BCUT2D eigenvalue weighted by Crippen LogP contribution is 2.13. The Kier molecular flexibility index (Phi) is 7.29. The number of hydroxylamine groups is 1. The Morgan fingerprint density at radius 2 is 1.76 bits per heavy atom. The van der Waals surface area contributed by atoms with Crippen LogP contribution in [-0.4, -0.2) is 47.2 Å². The van der Waals surface area contributed by atoms with Crippen LogP contribution in [0.1, 0.15) is 18.4 Å². The third kappa shape index (κ3) is 7.15. The Hall–Kier alpha value is -2.70. The van der Waals surface area contributed by atoms with Crippen molar-refractivity contribution < 1.29 is 42.6 Å². The maximum absolute atomic E-state index is 11.6. The van der Waals surface area contributed by atoms with Crippen LogP contribution in [-0.2, 0) is 36.0 Å². The molecular formula is C13H16N2O9S. The third-order valence-electron chi connectivity index (χ3n) is 2.79. The molecule has 138 valence electrons. The summed E-state index contributed by atoms with van der Waals surface area (Å²) in [4.78, 5) is 37.7. The minimum absolute atomic E-state index is 0.259. The van der Waals surface area contributed by atoms with E-state index in [0.29, 0.717) is 5.56 Å². The van der Waals surface area contributed by atoms with E-state index in [1.54, 1.807) is 30.3 Å². The minimum Gasteiger partial charge on any atom is -0.481 e. The van der Waals surface area contributed by atoms with Gasteiger partial charge in [0.25, 0.3) is 0 Å². The SMILES string of the molecule is NS(=O)(=O)N(OC(=O)OCc1ccccc1)[C@@H](CCC(=O)O)C(=O)O. The molecule has 1 atom stereocenters. The molecule has 12 heteroatoms. The predicted octanol–water partition coefficient (Wildman–Crippen LogP) is 0.0783. The van der Waals surface area contributed by atoms with Gasteiger partial charge >= 0.3 is 28.3 Å². The van der Waals surface area contributed by atoms with Crippen molar-refractivity contribution in [1.82, 2.24) is 4.47 Å².